The molecule has 0 aromatic heterocycles. The Morgan fingerprint density at radius 3 is 2.55 bits per heavy atom. The first kappa shape index (κ1) is 14.6. The first-order valence-electron chi connectivity index (χ1n) is 6.52. The SMILES string of the molecule is COc1cc(OC)cc(C(=O)N2CCOC(CN)C2)c1. The van der Waals surface area contributed by atoms with E-state index in [4.69, 9.17) is 19.9 Å². The van der Waals surface area contributed by atoms with E-state index < -0.39 is 0 Å². The van der Waals surface area contributed by atoms with Crippen molar-refractivity contribution in [1.29, 1.82) is 0 Å². The topological polar surface area (TPSA) is 74.0 Å². The van der Waals surface area contributed by atoms with Crippen molar-refractivity contribution in [2.75, 3.05) is 40.5 Å². The van der Waals surface area contributed by atoms with E-state index in [1.54, 1.807) is 37.3 Å². The van der Waals surface area contributed by atoms with Crippen molar-refractivity contribution in [1.82, 2.24) is 4.90 Å². The van der Waals surface area contributed by atoms with Gasteiger partial charge in [0.2, 0.25) is 0 Å². The summed E-state index contributed by atoms with van der Waals surface area (Å²) in [6.07, 6.45) is -0.0970. The van der Waals surface area contributed by atoms with Crippen molar-refractivity contribution in [3.05, 3.63) is 23.8 Å². The van der Waals surface area contributed by atoms with Crippen LogP contribution >= 0.6 is 0 Å². The smallest absolute Gasteiger partial charge is 0.254 e. The molecule has 2 N–H and O–H groups in total. The van der Waals surface area contributed by atoms with Gasteiger partial charge in [-0.3, -0.25) is 4.79 Å². The van der Waals surface area contributed by atoms with E-state index in [2.05, 4.69) is 0 Å². The number of morpholine rings is 1. The highest BCUT2D eigenvalue weighted by Crippen LogP contribution is 2.24. The molecule has 1 heterocycles. The number of ether oxygens (including phenoxy) is 3. The number of hydrogen-bond donors (Lipinski definition) is 1. The van der Waals surface area contributed by atoms with Crippen LogP contribution in [0.4, 0.5) is 0 Å². The predicted octanol–water partition coefficient (Wildman–Crippen LogP) is 0.504. The molecule has 0 saturated carbocycles. The largest absolute Gasteiger partial charge is 0.497 e. The number of nitrogens with zero attached hydrogens (tertiary/aromatic N) is 1. The molecule has 6 heteroatoms. The Kier molecular flexibility index (Phi) is 4.81. The molecule has 1 fully saturated rings. The van der Waals surface area contributed by atoms with E-state index in [1.165, 1.54) is 0 Å². The third-order valence-corrected chi connectivity index (χ3v) is 3.29. The van der Waals surface area contributed by atoms with Crippen molar-refractivity contribution in [3.8, 4) is 11.5 Å². The lowest BCUT2D eigenvalue weighted by molar-refractivity contribution is -0.0167. The number of carbonyl (C=O) groups excluding carboxylic acids is 1. The Labute approximate surface area is 118 Å². The van der Waals surface area contributed by atoms with E-state index in [0.29, 0.717) is 43.3 Å². The summed E-state index contributed by atoms with van der Waals surface area (Å²) in [5.41, 5.74) is 6.13. The molecule has 0 radical (unpaired) electrons. The zero-order valence-corrected chi connectivity index (χ0v) is 11.8. The van der Waals surface area contributed by atoms with Gasteiger partial charge in [0.05, 0.1) is 26.9 Å². The molecule has 110 valence electrons. The molecule has 1 aliphatic heterocycles. The second kappa shape index (κ2) is 6.58. The van der Waals surface area contributed by atoms with Crippen LogP contribution in [0, 0.1) is 0 Å². The summed E-state index contributed by atoms with van der Waals surface area (Å²) < 4.78 is 15.8. The van der Waals surface area contributed by atoms with Crippen molar-refractivity contribution in [3.63, 3.8) is 0 Å². The lowest BCUT2D eigenvalue weighted by Gasteiger charge is -2.32. The fraction of sp³-hybridized carbons (Fsp3) is 0.500. The van der Waals surface area contributed by atoms with Gasteiger partial charge >= 0.3 is 0 Å². The van der Waals surface area contributed by atoms with Crippen molar-refractivity contribution >= 4 is 5.91 Å². The van der Waals surface area contributed by atoms with E-state index in [-0.39, 0.29) is 12.0 Å². The number of hydrogen-bond acceptors (Lipinski definition) is 5. The molecule has 0 spiro atoms. The number of benzene rings is 1. The minimum absolute atomic E-state index is 0.0658. The first-order chi connectivity index (χ1) is 9.67. The number of amides is 1. The summed E-state index contributed by atoms with van der Waals surface area (Å²) in [7, 11) is 3.12. The lowest BCUT2D eigenvalue weighted by atomic mass is 10.1. The zero-order chi connectivity index (χ0) is 14.5. The third-order valence-electron chi connectivity index (χ3n) is 3.29. The second-order valence-electron chi connectivity index (χ2n) is 4.58. The predicted molar refractivity (Wildman–Crippen MR) is 74.2 cm³/mol. The Morgan fingerprint density at radius 2 is 2.00 bits per heavy atom. The van der Waals surface area contributed by atoms with Crippen LogP contribution in [0.15, 0.2) is 18.2 Å². The molecule has 1 amide bonds. The Morgan fingerprint density at radius 1 is 1.35 bits per heavy atom. The molecular weight excluding hydrogens is 260 g/mol. The van der Waals surface area contributed by atoms with E-state index in [1.807, 2.05) is 0 Å². The summed E-state index contributed by atoms with van der Waals surface area (Å²) in [6.45, 7) is 1.99. The van der Waals surface area contributed by atoms with Crippen LogP contribution in [-0.4, -0.2) is 57.4 Å². The van der Waals surface area contributed by atoms with Gasteiger partial charge in [-0.2, -0.15) is 0 Å². The molecule has 2 rings (SSSR count). The molecule has 6 nitrogen and oxygen atoms in total. The molecule has 1 saturated heterocycles. The maximum Gasteiger partial charge on any atom is 0.254 e. The second-order valence-corrected chi connectivity index (χ2v) is 4.58. The highest BCUT2D eigenvalue weighted by Gasteiger charge is 2.24. The maximum atomic E-state index is 12.5. The normalized spacial score (nSPS) is 18.8. The fourth-order valence-electron chi connectivity index (χ4n) is 2.16. The van der Waals surface area contributed by atoms with E-state index in [9.17, 15) is 4.79 Å². The third kappa shape index (κ3) is 3.20. The molecule has 1 atom stereocenters. The molecule has 1 unspecified atom stereocenters. The summed E-state index contributed by atoms with van der Waals surface area (Å²) in [5, 5.41) is 0. The van der Waals surface area contributed by atoms with Crippen LogP contribution < -0.4 is 15.2 Å². The van der Waals surface area contributed by atoms with E-state index >= 15 is 0 Å². The summed E-state index contributed by atoms with van der Waals surface area (Å²) in [6, 6.07) is 5.15. The van der Waals surface area contributed by atoms with Crippen molar-refractivity contribution in [2.45, 2.75) is 6.10 Å². The summed E-state index contributed by atoms with van der Waals surface area (Å²) in [4.78, 5) is 14.3. The van der Waals surface area contributed by atoms with Crippen LogP contribution in [0.3, 0.4) is 0 Å². The van der Waals surface area contributed by atoms with Gasteiger partial charge in [-0.05, 0) is 12.1 Å². The van der Waals surface area contributed by atoms with Crippen LogP contribution in [-0.2, 0) is 4.74 Å². The van der Waals surface area contributed by atoms with Gasteiger partial charge in [0.25, 0.3) is 5.91 Å². The van der Waals surface area contributed by atoms with Gasteiger partial charge in [0, 0.05) is 31.3 Å². The van der Waals surface area contributed by atoms with Gasteiger partial charge < -0.3 is 24.8 Å². The molecule has 0 aliphatic carbocycles. The van der Waals surface area contributed by atoms with Gasteiger partial charge in [-0.15, -0.1) is 0 Å². The Hall–Kier alpha value is -1.79. The minimum atomic E-state index is -0.0970. The van der Waals surface area contributed by atoms with Crippen molar-refractivity contribution < 1.29 is 19.0 Å². The standard InChI is InChI=1S/C14H20N2O4/c1-18-11-5-10(6-12(7-11)19-2)14(17)16-3-4-20-13(8-15)9-16/h5-7,13H,3-4,8-9,15H2,1-2H3. The van der Waals surface area contributed by atoms with Crippen LogP contribution in [0.1, 0.15) is 10.4 Å². The lowest BCUT2D eigenvalue weighted by Crippen LogP contribution is -2.48. The van der Waals surface area contributed by atoms with Gasteiger partial charge in [0.15, 0.2) is 0 Å². The number of rotatable bonds is 4. The van der Waals surface area contributed by atoms with Gasteiger partial charge in [0.1, 0.15) is 11.5 Å². The van der Waals surface area contributed by atoms with Gasteiger partial charge in [-0.25, -0.2) is 0 Å². The molecule has 20 heavy (non-hydrogen) atoms. The number of methoxy groups -OCH3 is 2. The quantitative estimate of drug-likeness (QED) is 0.869. The first-order valence-corrected chi connectivity index (χ1v) is 6.52. The Balaban J connectivity index is 2.19. The molecule has 1 aromatic carbocycles. The maximum absolute atomic E-state index is 12.5. The molecular formula is C14H20N2O4. The molecule has 1 aromatic rings. The highest BCUT2D eigenvalue weighted by atomic mass is 16.5. The highest BCUT2D eigenvalue weighted by molar-refractivity contribution is 5.95. The summed E-state index contributed by atoms with van der Waals surface area (Å²) in [5.74, 6) is 1.12. The van der Waals surface area contributed by atoms with Crippen molar-refractivity contribution in [2.24, 2.45) is 5.73 Å². The monoisotopic (exact) mass is 280 g/mol. The zero-order valence-electron chi connectivity index (χ0n) is 11.8. The molecule has 0 bridgehead atoms. The van der Waals surface area contributed by atoms with Crippen LogP contribution in [0.2, 0.25) is 0 Å². The van der Waals surface area contributed by atoms with Crippen LogP contribution in [0.5, 0.6) is 11.5 Å². The average Bonchev–Trinajstić information content (AvgIpc) is 2.53. The number of carbonyl (C=O) groups is 1. The summed E-state index contributed by atoms with van der Waals surface area (Å²) >= 11 is 0. The van der Waals surface area contributed by atoms with Gasteiger partial charge in [-0.1, -0.05) is 0 Å². The van der Waals surface area contributed by atoms with Crippen LogP contribution in [0.25, 0.3) is 0 Å². The number of nitrogens with two attached hydrogens (primary N) is 1. The molecule has 1 aliphatic rings. The fourth-order valence-corrected chi connectivity index (χ4v) is 2.16. The minimum Gasteiger partial charge on any atom is -0.497 e. The van der Waals surface area contributed by atoms with E-state index in [0.717, 1.165) is 0 Å². The average molecular weight is 280 g/mol. The Bertz CT molecular complexity index is 456.